The third-order valence-corrected chi connectivity index (χ3v) is 6.80. The Morgan fingerprint density at radius 1 is 0.895 bits per heavy atom. The molecule has 0 unspecified atom stereocenters. The van der Waals surface area contributed by atoms with Crippen LogP contribution in [0.5, 0.6) is 11.5 Å². The Morgan fingerprint density at radius 2 is 1.61 bits per heavy atom. The van der Waals surface area contributed by atoms with Crippen molar-refractivity contribution in [2.75, 3.05) is 19.8 Å². The van der Waals surface area contributed by atoms with Crippen molar-refractivity contribution in [2.45, 2.75) is 60.8 Å². The fourth-order valence-corrected chi connectivity index (χ4v) is 4.86. The Hall–Kier alpha value is -3.87. The van der Waals surface area contributed by atoms with Crippen molar-refractivity contribution in [3.05, 3.63) is 76.1 Å². The minimum atomic E-state index is 0.0342. The number of nitrogens with zero attached hydrogens (tertiary/aromatic N) is 3. The van der Waals surface area contributed by atoms with Crippen LogP contribution < -0.4 is 14.8 Å². The van der Waals surface area contributed by atoms with Crippen LogP contribution >= 0.6 is 0 Å². The van der Waals surface area contributed by atoms with Crippen LogP contribution in [0, 0.1) is 27.7 Å². The minimum absolute atomic E-state index is 0.0342. The smallest absolute Gasteiger partial charge is 0.220 e. The Balaban J connectivity index is 1.40. The maximum atomic E-state index is 12.7. The SMILES string of the molecule is CCOc1ccc(CCNC(=O)CCc2c(C)nc3c(c(C)nn3-c3ccc(C)cc3)c2C)cc1OCC. The summed E-state index contributed by atoms with van der Waals surface area (Å²) in [4.78, 5) is 17.6. The van der Waals surface area contributed by atoms with Crippen molar-refractivity contribution in [3.63, 3.8) is 0 Å². The Labute approximate surface area is 225 Å². The van der Waals surface area contributed by atoms with Gasteiger partial charge in [-0.25, -0.2) is 9.67 Å². The van der Waals surface area contributed by atoms with Crippen LogP contribution in [0.4, 0.5) is 0 Å². The molecule has 2 aromatic heterocycles. The van der Waals surface area contributed by atoms with Gasteiger partial charge in [0.25, 0.3) is 0 Å². The van der Waals surface area contributed by atoms with E-state index in [4.69, 9.17) is 19.6 Å². The molecule has 0 atom stereocenters. The van der Waals surface area contributed by atoms with E-state index >= 15 is 0 Å². The zero-order chi connectivity index (χ0) is 27.2. The second-order valence-corrected chi connectivity index (χ2v) is 9.58. The minimum Gasteiger partial charge on any atom is -0.490 e. The lowest BCUT2D eigenvalue weighted by Gasteiger charge is -2.13. The third-order valence-electron chi connectivity index (χ3n) is 6.80. The molecule has 4 rings (SSSR count). The summed E-state index contributed by atoms with van der Waals surface area (Å²) in [6.07, 6.45) is 1.77. The summed E-state index contributed by atoms with van der Waals surface area (Å²) in [5.74, 6) is 1.53. The predicted molar refractivity (Wildman–Crippen MR) is 152 cm³/mol. The number of nitrogens with one attached hydrogen (secondary N) is 1. The molecule has 2 aromatic carbocycles. The van der Waals surface area contributed by atoms with Crippen molar-refractivity contribution < 1.29 is 14.3 Å². The van der Waals surface area contributed by atoms with Crippen LogP contribution in [0.1, 0.15) is 53.9 Å². The van der Waals surface area contributed by atoms with Gasteiger partial charge in [0.2, 0.25) is 5.91 Å². The molecule has 0 bridgehead atoms. The van der Waals surface area contributed by atoms with Gasteiger partial charge >= 0.3 is 0 Å². The summed E-state index contributed by atoms with van der Waals surface area (Å²) in [5, 5.41) is 8.91. The van der Waals surface area contributed by atoms with E-state index < -0.39 is 0 Å². The Morgan fingerprint density at radius 3 is 2.32 bits per heavy atom. The highest BCUT2D eigenvalue weighted by Gasteiger charge is 2.18. The lowest BCUT2D eigenvalue weighted by Crippen LogP contribution is -2.26. The molecule has 2 heterocycles. The van der Waals surface area contributed by atoms with Gasteiger partial charge in [-0.15, -0.1) is 0 Å². The second-order valence-electron chi connectivity index (χ2n) is 9.58. The summed E-state index contributed by atoms with van der Waals surface area (Å²) in [7, 11) is 0. The van der Waals surface area contributed by atoms with Crippen LogP contribution in [-0.4, -0.2) is 40.4 Å². The molecule has 7 nitrogen and oxygen atoms in total. The van der Waals surface area contributed by atoms with E-state index in [1.165, 1.54) is 5.56 Å². The van der Waals surface area contributed by atoms with E-state index in [0.29, 0.717) is 32.6 Å². The molecule has 0 aliphatic heterocycles. The van der Waals surface area contributed by atoms with Crippen molar-refractivity contribution in [2.24, 2.45) is 0 Å². The summed E-state index contributed by atoms with van der Waals surface area (Å²) in [5.41, 5.74) is 8.30. The van der Waals surface area contributed by atoms with Crippen LogP contribution in [0.2, 0.25) is 0 Å². The van der Waals surface area contributed by atoms with Gasteiger partial charge in [0.05, 0.1) is 24.6 Å². The highest BCUT2D eigenvalue weighted by molar-refractivity contribution is 5.85. The molecule has 0 fully saturated rings. The van der Waals surface area contributed by atoms with Gasteiger partial charge in [0.1, 0.15) is 0 Å². The third kappa shape index (κ3) is 5.98. The first-order chi connectivity index (χ1) is 18.3. The van der Waals surface area contributed by atoms with Crippen LogP contribution in [-0.2, 0) is 17.6 Å². The molecule has 7 heteroatoms. The van der Waals surface area contributed by atoms with Gasteiger partial charge in [-0.3, -0.25) is 4.79 Å². The number of pyridine rings is 1. The number of amides is 1. The molecule has 4 aromatic rings. The first-order valence-electron chi connectivity index (χ1n) is 13.4. The fourth-order valence-electron chi connectivity index (χ4n) is 4.86. The fraction of sp³-hybridized carbons (Fsp3) is 0.387. The second kappa shape index (κ2) is 12.1. The Kier molecular flexibility index (Phi) is 8.66. The number of fused-ring (bicyclic) bond motifs is 1. The summed E-state index contributed by atoms with van der Waals surface area (Å²) in [6, 6.07) is 14.2. The molecule has 1 amide bonds. The Bertz CT molecular complexity index is 1420. The van der Waals surface area contributed by atoms with Crippen molar-refractivity contribution in [1.29, 1.82) is 0 Å². The molecular formula is C31H38N4O3. The van der Waals surface area contributed by atoms with Gasteiger partial charge in [-0.2, -0.15) is 5.10 Å². The van der Waals surface area contributed by atoms with Gasteiger partial charge in [-0.05, 0) is 95.3 Å². The molecular weight excluding hydrogens is 476 g/mol. The van der Waals surface area contributed by atoms with E-state index in [2.05, 4.69) is 43.4 Å². The van der Waals surface area contributed by atoms with E-state index in [0.717, 1.165) is 62.7 Å². The number of hydrogen-bond donors (Lipinski definition) is 1. The number of carbonyl (C=O) groups is 1. The number of aromatic nitrogens is 3. The van der Waals surface area contributed by atoms with Gasteiger partial charge in [0.15, 0.2) is 17.1 Å². The lowest BCUT2D eigenvalue weighted by atomic mass is 9.99. The predicted octanol–water partition coefficient (Wildman–Crippen LogP) is 5.74. The maximum Gasteiger partial charge on any atom is 0.220 e. The van der Waals surface area contributed by atoms with Gasteiger partial charge < -0.3 is 14.8 Å². The average Bonchev–Trinajstić information content (AvgIpc) is 3.22. The van der Waals surface area contributed by atoms with Crippen molar-refractivity contribution >= 4 is 16.9 Å². The maximum absolute atomic E-state index is 12.7. The normalized spacial score (nSPS) is 11.1. The molecule has 0 spiro atoms. The van der Waals surface area contributed by atoms with Crippen molar-refractivity contribution in [1.82, 2.24) is 20.1 Å². The van der Waals surface area contributed by atoms with E-state index in [-0.39, 0.29) is 5.91 Å². The monoisotopic (exact) mass is 514 g/mol. The highest BCUT2D eigenvalue weighted by atomic mass is 16.5. The summed E-state index contributed by atoms with van der Waals surface area (Å²) < 4.78 is 13.3. The molecule has 1 N–H and O–H groups in total. The van der Waals surface area contributed by atoms with E-state index in [1.807, 2.05) is 50.6 Å². The van der Waals surface area contributed by atoms with Gasteiger partial charge in [0, 0.05) is 24.0 Å². The average molecular weight is 515 g/mol. The number of aryl methyl sites for hydroxylation is 4. The number of hydrogen-bond acceptors (Lipinski definition) is 5. The standard InChI is InChI=1S/C31H38N4O3/c1-7-37-27-15-11-24(19-28(27)38-8-2)17-18-32-29(36)16-14-26-21(4)30-23(6)34-35(31(30)33-22(26)5)25-12-9-20(3)10-13-25/h9-13,15,19H,7-8,14,16-18H2,1-6H3,(H,32,36). The quantitative estimate of drug-likeness (QED) is 0.276. The molecule has 0 aliphatic rings. The highest BCUT2D eigenvalue weighted by Crippen LogP contribution is 2.29. The first-order valence-corrected chi connectivity index (χ1v) is 13.4. The molecule has 0 radical (unpaired) electrons. The first kappa shape index (κ1) is 27.2. The summed E-state index contributed by atoms with van der Waals surface area (Å²) >= 11 is 0. The molecule has 38 heavy (non-hydrogen) atoms. The zero-order valence-electron chi connectivity index (χ0n) is 23.4. The van der Waals surface area contributed by atoms with Crippen LogP contribution in [0.25, 0.3) is 16.7 Å². The lowest BCUT2D eigenvalue weighted by molar-refractivity contribution is -0.121. The zero-order valence-corrected chi connectivity index (χ0v) is 23.4. The van der Waals surface area contributed by atoms with E-state index in [1.54, 1.807) is 0 Å². The van der Waals surface area contributed by atoms with Crippen LogP contribution in [0.3, 0.4) is 0 Å². The number of ether oxygens (including phenoxy) is 2. The number of rotatable bonds is 11. The molecule has 0 aliphatic carbocycles. The number of benzene rings is 2. The van der Waals surface area contributed by atoms with Crippen molar-refractivity contribution in [3.8, 4) is 17.2 Å². The largest absolute Gasteiger partial charge is 0.490 e. The molecule has 200 valence electrons. The topological polar surface area (TPSA) is 78.3 Å². The summed E-state index contributed by atoms with van der Waals surface area (Å²) in [6.45, 7) is 13.9. The van der Waals surface area contributed by atoms with E-state index in [9.17, 15) is 4.79 Å². The number of carbonyl (C=O) groups excluding carboxylic acids is 1. The molecule has 0 saturated carbocycles. The van der Waals surface area contributed by atoms with Crippen LogP contribution in [0.15, 0.2) is 42.5 Å². The van der Waals surface area contributed by atoms with Gasteiger partial charge in [-0.1, -0.05) is 23.8 Å². The molecule has 0 saturated heterocycles.